The number of nitro groups is 1. The van der Waals surface area contributed by atoms with Crippen LogP contribution >= 0.6 is 0 Å². The Morgan fingerprint density at radius 3 is 2.90 bits per heavy atom. The summed E-state index contributed by atoms with van der Waals surface area (Å²) in [6.45, 7) is 0.387. The van der Waals surface area contributed by atoms with E-state index in [9.17, 15) is 14.9 Å². The molecule has 0 radical (unpaired) electrons. The number of nitrogens with one attached hydrogen (secondary N) is 3. The first-order valence-corrected chi connectivity index (χ1v) is 6.34. The minimum atomic E-state index is -0.529. The molecule has 8 heteroatoms. The van der Waals surface area contributed by atoms with Crippen LogP contribution in [0.25, 0.3) is 0 Å². The molecule has 1 amide bonds. The molecule has 2 rings (SSSR count). The van der Waals surface area contributed by atoms with Gasteiger partial charge in [-0.2, -0.15) is 0 Å². The Kier molecular flexibility index (Phi) is 4.50. The molecule has 3 N–H and O–H groups in total. The highest BCUT2D eigenvalue weighted by atomic mass is 16.6. The number of amides is 1. The van der Waals surface area contributed by atoms with Gasteiger partial charge >= 0.3 is 0 Å². The number of carbonyl (C=O) groups excluding carboxylic acids is 1. The Hall–Kier alpha value is -2.90. The van der Waals surface area contributed by atoms with Crippen molar-refractivity contribution in [3.8, 4) is 0 Å². The summed E-state index contributed by atoms with van der Waals surface area (Å²) >= 11 is 0. The third kappa shape index (κ3) is 3.56. The van der Waals surface area contributed by atoms with E-state index in [1.807, 2.05) is 0 Å². The molecule has 0 saturated heterocycles. The lowest BCUT2D eigenvalue weighted by atomic mass is 10.1. The van der Waals surface area contributed by atoms with Crippen LogP contribution in [-0.2, 0) is 6.42 Å². The van der Waals surface area contributed by atoms with Gasteiger partial charge in [0.25, 0.3) is 11.6 Å². The fraction of sp³-hybridized carbons (Fsp3) is 0.231. The number of benzene rings is 1. The molecule has 0 unspecified atom stereocenters. The zero-order valence-corrected chi connectivity index (χ0v) is 11.4. The van der Waals surface area contributed by atoms with Crippen molar-refractivity contribution < 1.29 is 9.72 Å². The van der Waals surface area contributed by atoms with Gasteiger partial charge in [0.05, 0.1) is 10.5 Å². The van der Waals surface area contributed by atoms with E-state index < -0.39 is 4.92 Å². The Balaban J connectivity index is 2.06. The maximum Gasteiger partial charge on any atom is 0.270 e. The number of hydrogen-bond acceptors (Lipinski definition) is 5. The van der Waals surface area contributed by atoms with Crippen LogP contribution < -0.4 is 10.6 Å². The van der Waals surface area contributed by atoms with Crippen LogP contribution in [0.4, 0.5) is 11.4 Å². The molecule has 1 aromatic heterocycles. The van der Waals surface area contributed by atoms with Crippen LogP contribution in [0.3, 0.4) is 0 Å². The highest BCUT2D eigenvalue weighted by Gasteiger charge is 2.15. The molecule has 1 aromatic carbocycles. The highest BCUT2D eigenvalue weighted by molar-refractivity contribution is 6.00. The van der Waals surface area contributed by atoms with Gasteiger partial charge in [0.2, 0.25) is 0 Å². The van der Waals surface area contributed by atoms with Crippen LogP contribution in [0, 0.1) is 10.1 Å². The number of rotatable bonds is 6. The van der Waals surface area contributed by atoms with Crippen molar-refractivity contribution >= 4 is 17.3 Å². The number of aromatic nitrogens is 2. The molecule has 1 heterocycles. The van der Waals surface area contributed by atoms with Gasteiger partial charge in [-0.05, 0) is 6.07 Å². The van der Waals surface area contributed by atoms with E-state index in [1.54, 1.807) is 19.4 Å². The van der Waals surface area contributed by atoms with Crippen molar-refractivity contribution in [2.45, 2.75) is 6.42 Å². The molecule has 0 saturated carbocycles. The molecule has 0 aliphatic heterocycles. The summed E-state index contributed by atoms with van der Waals surface area (Å²) in [6.07, 6.45) is 3.90. The van der Waals surface area contributed by atoms with Crippen LogP contribution in [-0.4, -0.2) is 34.4 Å². The second kappa shape index (κ2) is 6.51. The van der Waals surface area contributed by atoms with E-state index in [1.165, 1.54) is 18.2 Å². The minimum Gasteiger partial charge on any atom is -0.387 e. The molecule has 0 aliphatic rings. The fourth-order valence-electron chi connectivity index (χ4n) is 1.88. The molecule has 2 aromatic rings. The number of aromatic amines is 1. The normalized spacial score (nSPS) is 10.1. The van der Waals surface area contributed by atoms with Crippen molar-refractivity contribution in [1.29, 1.82) is 0 Å². The Morgan fingerprint density at radius 1 is 1.48 bits per heavy atom. The number of nitro benzene ring substituents is 1. The molecule has 0 bridgehead atoms. The van der Waals surface area contributed by atoms with E-state index in [2.05, 4.69) is 20.6 Å². The van der Waals surface area contributed by atoms with Crippen molar-refractivity contribution in [2.75, 3.05) is 18.9 Å². The minimum absolute atomic E-state index is 0.120. The predicted octanol–water partition coefficient (Wildman–Crippen LogP) is 1.33. The molecule has 21 heavy (non-hydrogen) atoms. The standard InChI is InChI=1S/C13H15N5O3/c1-14-11-3-2-9(18(20)21)8-10(11)13(19)17-5-4-12-15-6-7-16-12/h2-3,6-8,14H,4-5H2,1H3,(H,15,16)(H,17,19). The second-order valence-electron chi connectivity index (χ2n) is 4.28. The van der Waals surface area contributed by atoms with E-state index in [4.69, 9.17) is 0 Å². The van der Waals surface area contributed by atoms with E-state index in [0.29, 0.717) is 18.7 Å². The summed E-state index contributed by atoms with van der Waals surface area (Å²) in [4.78, 5) is 29.4. The molecule has 0 spiro atoms. The molecule has 0 fully saturated rings. The van der Waals surface area contributed by atoms with Gasteiger partial charge in [-0.1, -0.05) is 0 Å². The van der Waals surface area contributed by atoms with Crippen molar-refractivity contribution in [1.82, 2.24) is 15.3 Å². The summed E-state index contributed by atoms with van der Waals surface area (Å²) in [5, 5.41) is 16.3. The van der Waals surface area contributed by atoms with E-state index >= 15 is 0 Å². The topological polar surface area (TPSA) is 113 Å². The van der Waals surface area contributed by atoms with Gasteiger partial charge in [0.15, 0.2) is 0 Å². The first kappa shape index (κ1) is 14.5. The first-order chi connectivity index (χ1) is 10.1. The monoisotopic (exact) mass is 289 g/mol. The Bertz CT molecular complexity index is 639. The molecule has 8 nitrogen and oxygen atoms in total. The van der Waals surface area contributed by atoms with Gasteiger partial charge in [0.1, 0.15) is 5.82 Å². The van der Waals surface area contributed by atoms with Crippen LogP contribution in [0.2, 0.25) is 0 Å². The number of hydrogen-bond donors (Lipinski definition) is 3. The van der Waals surface area contributed by atoms with E-state index in [0.717, 1.165) is 5.82 Å². The Labute approximate surface area is 120 Å². The summed E-state index contributed by atoms with van der Waals surface area (Å²) in [6, 6.07) is 4.12. The van der Waals surface area contributed by atoms with Gasteiger partial charge < -0.3 is 15.6 Å². The van der Waals surface area contributed by atoms with Crippen molar-refractivity contribution in [3.05, 3.63) is 52.1 Å². The zero-order valence-electron chi connectivity index (χ0n) is 11.4. The molecular formula is C13H15N5O3. The number of H-pyrrole nitrogens is 1. The number of non-ortho nitro benzene ring substituents is 1. The molecular weight excluding hydrogens is 274 g/mol. The molecule has 0 atom stereocenters. The first-order valence-electron chi connectivity index (χ1n) is 6.34. The average molecular weight is 289 g/mol. The summed E-state index contributed by atoms with van der Waals surface area (Å²) in [5.41, 5.74) is 0.660. The van der Waals surface area contributed by atoms with Gasteiger partial charge in [-0.3, -0.25) is 14.9 Å². The lowest BCUT2D eigenvalue weighted by Gasteiger charge is -2.09. The van der Waals surface area contributed by atoms with Gasteiger partial charge in [-0.15, -0.1) is 0 Å². The highest BCUT2D eigenvalue weighted by Crippen LogP contribution is 2.21. The molecule has 0 aliphatic carbocycles. The Morgan fingerprint density at radius 2 is 2.29 bits per heavy atom. The predicted molar refractivity (Wildman–Crippen MR) is 77.3 cm³/mol. The number of anilines is 1. The summed E-state index contributed by atoms with van der Waals surface area (Å²) < 4.78 is 0. The van der Waals surface area contributed by atoms with Crippen molar-refractivity contribution in [3.63, 3.8) is 0 Å². The lowest BCUT2D eigenvalue weighted by Crippen LogP contribution is -2.26. The van der Waals surface area contributed by atoms with Crippen LogP contribution in [0.15, 0.2) is 30.6 Å². The quantitative estimate of drug-likeness (QED) is 0.548. The molecule has 110 valence electrons. The van der Waals surface area contributed by atoms with Gasteiger partial charge in [-0.25, -0.2) is 4.98 Å². The average Bonchev–Trinajstić information content (AvgIpc) is 2.99. The third-order valence-electron chi connectivity index (χ3n) is 2.93. The number of nitrogens with zero attached hydrogens (tertiary/aromatic N) is 2. The zero-order chi connectivity index (χ0) is 15.2. The fourth-order valence-corrected chi connectivity index (χ4v) is 1.88. The smallest absolute Gasteiger partial charge is 0.270 e. The number of carbonyl (C=O) groups is 1. The van der Waals surface area contributed by atoms with E-state index in [-0.39, 0.29) is 17.2 Å². The third-order valence-corrected chi connectivity index (χ3v) is 2.93. The van der Waals surface area contributed by atoms with Gasteiger partial charge in [0, 0.05) is 50.2 Å². The van der Waals surface area contributed by atoms with Crippen LogP contribution in [0.5, 0.6) is 0 Å². The largest absolute Gasteiger partial charge is 0.387 e. The summed E-state index contributed by atoms with van der Waals surface area (Å²) in [7, 11) is 1.65. The van der Waals surface area contributed by atoms with Crippen LogP contribution in [0.1, 0.15) is 16.2 Å². The summed E-state index contributed by atoms with van der Waals surface area (Å²) in [5.74, 6) is 0.401. The maximum absolute atomic E-state index is 12.1. The maximum atomic E-state index is 12.1. The SMILES string of the molecule is CNc1ccc([N+](=O)[O-])cc1C(=O)NCCc1ncc[nH]1. The second-order valence-corrected chi connectivity index (χ2v) is 4.28. The number of imidazole rings is 1. The lowest BCUT2D eigenvalue weighted by molar-refractivity contribution is -0.384. The van der Waals surface area contributed by atoms with Crippen molar-refractivity contribution in [2.24, 2.45) is 0 Å².